The van der Waals surface area contributed by atoms with Gasteiger partial charge in [0.25, 0.3) is 0 Å². The Hall–Kier alpha value is -3.24. The van der Waals surface area contributed by atoms with Crippen molar-refractivity contribution in [1.29, 1.82) is 0 Å². The van der Waals surface area contributed by atoms with Crippen molar-refractivity contribution in [2.45, 2.75) is 13.0 Å². The Labute approximate surface area is 183 Å². The number of carboxylic acid groups (broad SMARTS) is 1. The molecule has 1 aromatic heterocycles. The van der Waals surface area contributed by atoms with Gasteiger partial charge in [-0.05, 0) is 19.1 Å². The highest BCUT2D eigenvalue weighted by molar-refractivity contribution is 5.93. The number of β-amino-alcohol motifs (C(OH)–C–C–N with tert-alkyl or cyclic N) is 1. The van der Waals surface area contributed by atoms with Crippen molar-refractivity contribution < 1.29 is 28.9 Å². The summed E-state index contributed by atoms with van der Waals surface area (Å²) in [5, 5.41) is 19.3. The highest BCUT2D eigenvalue weighted by Crippen LogP contribution is 2.26. The molecule has 3 rings (SSSR count). The number of rotatable bonds is 7. The monoisotopic (exact) mass is 447 g/mol. The number of halogens is 1. The summed E-state index contributed by atoms with van der Waals surface area (Å²) in [6.07, 6.45) is 0.384. The molecular weight excluding hydrogens is 421 g/mol. The lowest BCUT2D eigenvalue weighted by atomic mass is 10.1. The Morgan fingerprint density at radius 1 is 1.25 bits per heavy atom. The average Bonchev–Trinajstić information content (AvgIpc) is 2.74. The minimum absolute atomic E-state index is 0.0136. The van der Waals surface area contributed by atoms with Crippen LogP contribution in [-0.4, -0.2) is 77.1 Å². The predicted molar refractivity (Wildman–Crippen MR) is 117 cm³/mol. The first-order valence-electron chi connectivity index (χ1n) is 10.1. The number of esters is 1. The van der Waals surface area contributed by atoms with Crippen molar-refractivity contribution in [3.05, 3.63) is 52.1 Å². The van der Waals surface area contributed by atoms with Gasteiger partial charge in [-0.25, -0.2) is 14.0 Å². The van der Waals surface area contributed by atoms with Gasteiger partial charge >= 0.3 is 11.9 Å². The first-order chi connectivity index (χ1) is 15.1. The molecule has 0 amide bonds. The second kappa shape index (κ2) is 9.49. The van der Waals surface area contributed by atoms with Crippen LogP contribution in [-0.2, 0) is 16.6 Å². The van der Waals surface area contributed by atoms with Crippen molar-refractivity contribution in [2.75, 3.05) is 44.2 Å². The van der Waals surface area contributed by atoms with Crippen LogP contribution in [0.3, 0.4) is 0 Å². The number of piperazine rings is 1. The van der Waals surface area contributed by atoms with Crippen LogP contribution in [0, 0.1) is 5.82 Å². The summed E-state index contributed by atoms with van der Waals surface area (Å²) in [6.45, 7) is 7.29. The van der Waals surface area contributed by atoms with E-state index in [0.717, 1.165) is 6.07 Å². The third kappa shape index (κ3) is 4.97. The zero-order valence-corrected chi connectivity index (χ0v) is 18.0. The lowest BCUT2D eigenvalue weighted by Crippen LogP contribution is -2.49. The number of hydrogen-bond donors (Lipinski definition) is 2. The van der Waals surface area contributed by atoms with E-state index in [4.69, 9.17) is 4.74 Å². The van der Waals surface area contributed by atoms with Crippen LogP contribution in [0.4, 0.5) is 10.1 Å². The van der Waals surface area contributed by atoms with E-state index in [1.54, 1.807) is 13.1 Å². The molecule has 2 aromatic rings. The van der Waals surface area contributed by atoms with Gasteiger partial charge in [0.15, 0.2) is 0 Å². The van der Waals surface area contributed by atoms with E-state index in [1.165, 1.54) is 17.7 Å². The number of carboxylic acids is 1. The van der Waals surface area contributed by atoms with Crippen LogP contribution in [0.2, 0.25) is 0 Å². The van der Waals surface area contributed by atoms with Crippen molar-refractivity contribution >= 4 is 28.5 Å². The van der Waals surface area contributed by atoms with Gasteiger partial charge in [0.05, 0.1) is 11.2 Å². The average molecular weight is 447 g/mol. The van der Waals surface area contributed by atoms with Gasteiger partial charge in [0.1, 0.15) is 24.1 Å². The normalized spacial score (nSPS) is 15.6. The van der Waals surface area contributed by atoms with Gasteiger partial charge in [-0.1, -0.05) is 6.58 Å². The number of hydrogen-bond acceptors (Lipinski definition) is 7. The second-order valence-corrected chi connectivity index (χ2v) is 7.93. The molecule has 1 saturated heterocycles. The molecule has 1 aromatic carbocycles. The van der Waals surface area contributed by atoms with Gasteiger partial charge in [-0.3, -0.25) is 9.69 Å². The molecule has 2 N–H and O–H groups in total. The summed E-state index contributed by atoms with van der Waals surface area (Å²) in [4.78, 5) is 38.9. The minimum Gasteiger partial charge on any atom is -0.477 e. The number of nitrogens with zero attached hydrogens (tertiary/aromatic N) is 3. The zero-order chi connectivity index (χ0) is 23.6. The molecule has 1 fully saturated rings. The molecule has 2 heterocycles. The topological polar surface area (TPSA) is 112 Å². The standard InChI is InChI=1S/C22H26FN3O6/c1-13(2)22(31)32-12-14(27)10-25-4-6-26(7-5-25)19-9-18-15(8-17(19)23)20(28)16(21(29)30)11-24(18)3/h8-9,11,14,27H,1,4-7,10,12H2,2-3H3,(H,29,30). The number of aromatic carboxylic acids is 1. The van der Waals surface area contributed by atoms with Crippen molar-refractivity contribution in [1.82, 2.24) is 9.47 Å². The maximum Gasteiger partial charge on any atom is 0.341 e. The Bertz CT molecular complexity index is 1120. The summed E-state index contributed by atoms with van der Waals surface area (Å²) < 4.78 is 21.3. The molecule has 1 unspecified atom stereocenters. The number of aliphatic hydroxyl groups is 1. The number of aromatic nitrogens is 1. The second-order valence-electron chi connectivity index (χ2n) is 7.93. The number of pyridine rings is 1. The number of fused-ring (bicyclic) bond motifs is 1. The van der Waals surface area contributed by atoms with Crippen LogP contribution < -0.4 is 10.3 Å². The first-order valence-corrected chi connectivity index (χ1v) is 10.1. The summed E-state index contributed by atoms with van der Waals surface area (Å²) in [7, 11) is 1.61. The fourth-order valence-corrected chi connectivity index (χ4v) is 3.70. The number of aliphatic hydroxyl groups excluding tert-OH is 1. The van der Waals surface area contributed by atoms with E-state index in [9.17, 15) is 29.0 Å². The zero-order valence-electron chi connectivity index (χ0n) is 18.0. The third-order valence-corrected chi connectivity index (χ3v) is 5.42. The Kier molecular flexibility index (Phi) is 6.95. The van der Waals surface area contributed by atoms with Gasteiger partial charge < -0.3 is 24.4 Å². The Morgan fingerprint density at radius 2 is 1.91 bits per heavy atom. The summed E-state index contributed by atoms with van der Waals surface area (Å²) in [6, 6.07) is 2.64. The fourth-order valence-electron chi connectivity index (χ4n) is 3.70. The molecular formula is C22H26FN3O6. The minimum atomic E-state index is -1.36. The molecule has 1 aliphatic heterocycles. The number of carbonyl (C=O) groups is 2. The molecule has 172 valence electrons. The van der Waals surface area contributed by atoms with Crippen LogP contribution in [0.25, 0.3) is 10.9 Å². The molecule has 32 heavy (non-hydrogen) atoms. The molecule has 0 bridgehead atoms. The number of carbonyl (C=O) groups excluding carboxylic acids is 1. The van der Waals surface area contributed by atoms with E-state index in [2.05, 4.69) is 6.58 Å². The summed E-state index contributed by atoms with van der Waals surface area (Å²) in [5.41, 5.74) is -0.102. The molecule has 1 atom stereocenters. The lowest BCUT2D eigenvalue weighted by molar-refractivity contribution is -0.142. The Balaban J connectivity index is 1.69. The molecule has 0 radical (unpaired) electrons. The van der Waals surface area contributed by atoms with Gasteiger partial charge in [0.2, 0.25) is 5.43 Å². The van der Waals surface area contributed by atoms with E-state index < -0.39 is 34.9 Å². The highest BCUT2D eigenvalue weighted by Gasteiger charge is 2.23. The summed E-state index contributed by atoms with van der Waals surface area (Å²) in [5.74, 6) is -2.51. The largest absolute Gasteiger partial charge is 0.477 e. The van der Waals surface area contributed by atoms with Crippen LogP contribution >= 0.6 is 0 Å². The highest BCUT2D eigenvalue weighted by atomic mass is 19.1. The summed E-state index contributed by atoms with van der Waals surface area (Å²) >= 11 is 0. The first kappa shape index (κ1) is 23.4. The number of benzene rings is 1. The maximum atomic E-state index is 14.9. The van der Waals surface area contributed by atoms with Gasteiger partial charge in [0, 0.05) is 56.9 Å². The quantitative estimate of drug-likeness (QED) is 0.477. The SMILES string of the molecule is C=C(C)C(=O)OCC(O)CN1CCN(c2cc3c(cc2F)c(=O)c(C(=O)O)cn3C)CC1. The Morgan fingerprint density at radius 3 is 2.50 bits per heavy atom. The van der Waals surface area contributed by atoms with E-state index in [-0.39, 0.29) is 17.6 Å². The van der Waals surface area contributed by atoms with Crippen molar-refractivity contribution in [2.24, 2.45) is 7.05 Å². The lowest BCUT2D eigenvalue weighted by Gasteiger charge is -2.37. The van der Waals surface area contributed by atoms with E-state index in [0.29, 0.717) is 43.9 Å². The molecule has 10 heteroatoms. The number of ether oxygens (including phenoxy) is 1. The number of aryl methyl sites for hydroxylation is 1. The number of anilines is 1. The van der Waals surface area contributed by atoms with Gasteiger partial charge in [-0.2, -0.15) is 0 Å². The van der Waals surface area contributed by atoms with Crippen molar-refractivity contribution in [3.8, 4) is 0 Å². The van der Waals surface area contributed by atoms with Gasteiger partial charge in [-0.15, -0.1) is 0 Å². The van der Waals surface area contributed by atoms with Crippen LogP contribution in [0.5, 0.6) is 0 Å². The molecule has 0 saturated carbocycles. The molecule has 0 spiro atoms. The molecule has 9 nitrogen and oxygen atoms in total. The third-order valence-electron chi connectivity index (χ3n) is 5.42. The fraction of sp³-hybridized carbons (Fsp3) is 0.409. The molecule has 1 aliphatic rings. The van der Waals surface area contributed by atoms with E-state index >= 15 is 0 Å². The van der Waals surface area contributed by atoms with Crippen LogP contribution in [0.15, 0.2) is 35.3 Å². The maximum absolute atomic E-state index is 14.9. The smallest absolute Gasteiger partial charge is 0.341 e. The van der Waals surface area contributed by atoms with Crippen molar-refractivity contribution in [3.63, 3.8) is 0 Å². The van der Waals surface area contributed by atoms with E-state index in [1.807, 2.05) is 9.80 Å². The molecule has 0 aliphatic carbocycles. The van der Waals surface area contributed by atoms with Crippen LogP contribution in [0.1, 0.15) is 17.3 Å². The predicted octanol–water partition coefficient (Wildman–Crippen LogP) is 0.978.